The topological polar surface area (TPSA) is 39.1 Å². The molecule has 0 spiro atoms. The molecule has 0 aromatic heterocycles. The van der Waals surface area contributed by atoms with Crippen molar-refractivity contribution in [3.05, 3.63) is 0 Å². The fourth-order valence-electron chi connectivity index (χ4n) is 0.986. The van der Waals surface area contributed by atoms with E-state index in [1.165, 1.54) is 0 Å². The fourth-order valence-corrected chi connectivity index (χ4v) is 0.986. The van der Waals surface area contributed by atoms with Gasteiger partial charge in [-0.15, -0.1) is 0 Å². The first kappa shape index (κ1) is 11.4. The summed E-state index contributed by atoms with van der Waals surface area (Å²) in [7, 11) is 5.92. The van der Waals surface area contributed by atoms with E-state index in [1.807, 2.05) is 28.1 Å². The lowest BCUT2D eigenvalue weighted by atomic mass is 9.98. The predicted octanol–water partition coefficient (Wildman–Crippen LogP) is 0.830. The van der Waals surface area contributed by atoms with E-state index in [0.717, 1.165) is 19.4 Å². The van der Waals surface area contributed by atoms with E-state index in [2.05, 4.69) is 16.3 Å². The van der Waals surface area contributed by atoms with E-state index in [1.54, 1.807) is 0 Å². The molecule has 0 aliphatic rings. The lowest BCUT2D eigenvalue weighted by Gasteiger charge is -2.21. The molecule has 0 aliphatic carbocycles. The van der Waals surface area contributed by atoms with Crippen molar-refractivity contribution in [2.75, 3.05) is 27.7 Å². The van der Waals surface area contributed by atoms with Gasteiger partial charge in [0.2, 0.25) is 0 Å². The van der Waals surface area contributed by atoms with Gasteiger partial charge in [-0.1, -0.05) is 0 Å². The number of nitriles is 1. The molecular weight excluding hydrogens is 150 g/mol. The van der Waals surface area contributed by atoms with E-state index >= 15 is 0 Å². The van der Waals surface area contributed by atoms with Crippen LogP contribution in [0.2, 0.25) is 0 Å². The maximum atomic E-state index is 8.82. The number of hydrogen-bond acceptors (Lipinski definition) is 3. The maximum Gasteiger partial charge on any atom is 0.103 e. The zero-order valence-electron chi connectivity index (χ0n) is 8.52. The van der Waals surface area contributed by atoms with Crippen LogP contribution in [-0.2, 0) is 0 Å². The molecule has 1 atom stereocenters. The van der Waals surface area contributed by atoms with Crippen LogP contribution in [0.3, 0.4) is 0 Å². The van der Waals surface area contributed by atoms with Gasteiger partial charge in [0.1, 0.15) is 5.54 Å². The number of hydrogen-bond donors (Lipinski definition) is 1. The van der Waals surface area contributed by atoms with Gasteiger partial charge in [0.15, 0.2) is 0 Å². The van der Waals surface area contributed by atoms with Gasteiger partial charge in [-0.2, -0.15) is 5.26 Å². The molecule has 1 unspecified atom stereocenters. The van der Waals surface area contributed by atoms with E-state index in [4.69, 9.17) is 5.26 Å². The highest BCUT2D eigenvalue weighted by Crippen LogP contribution is 2.09. The summed E-state index contributed by atoms with van der Waals surface area (Å²) in [5.41, 5.74) is -0.351. The molecule has 0 radical (unpaired) electrons. The van der Waals surface area contributed by atoms with E-state index in [9.17, 15) is 0 Å². The van der Waals surface area contributed by atoms with Gasteiger partial charge in [0.05, 0.1) is 6.07 Å². The largest absolute Gasteiger partial charge is 0.309 e. The highest BCUT2D eigenvalue weighted by atomic mass is 15.0. The van der Waals surface area contributed by atoms with E-state index in [0.29, 0.717) is 0 Å². The quantitative estimate of drug-likeness (QED) is 0.662. The van der Waals surface area contributed by atoms with Crippen LogP contribution in [0.4, 0.5) is 0 Å². The number of nitrogens with one attached hydrogen (secondary N) is 1. The van der Waals surface area contributed by atoms with Gasteiger partial charge in [0, 0.05) is 0 Å². The smallest absolute Gasteiger partial charge is 0.103 e. The summed E-state index contributed by atoms with van der Waals surface area (Å²) in [6, 6.07) is 2.27. The molecule has 0 heterocycles. The third-order valence-electron chi connectivity index (χ3n) is 2.08. The molecule has 0 aromatic carbocycles. The van der Waals surface area contributed by atoms with Crippen LogP contribution in [0.25, 0.3) is 0 Å². The molecule has 3 heteroatoms. The molecule has 0 aliphatic heterocycles. The van der Waals surface area contributed by atoms with Gasteiger partial charge in [0.25, 0.3) is 0 Å². The van der Waals surface area contributed by atoms with Gasteiger partial charge in [-0.05, 0) is 47.5 Å². The lowest BCUT2D eigenvalue weighted by Crippen LogP contribution is -2.38. The van der Waals surface area contributed by atoms with Gasteiger partial charge in [-0.3, -0.25) is 0 Å². The Hall–Kier alpha value is -0.590. The van der Waals surface area contributed by atoms with Crippen molar-refractivity contribution in [2.24, 2.45) is 0 Å². The predicted molar refractivity (Wildman–Crippen MR) is 50.9 cm³/mol. The Labute approximate surface area is 75.4 Å². The SMILES string of the molecule is CNC(C)(C#N)CCCN(C)C. The second-order valence-corrected chi connectivity index (χ2v) is 3.60. The molecule has 0 rings (SSSR count). The summed E-state index contributed by atoms with van der Waals surface area (Å²) in [5.74, 6) is 0. The minimum absolute atomic E-state index is 0.351. The molecule has 3 nitrogen and oxygen atoms in total. The van der Waals surface area contributed by atoms with Crippen LogP contribution in [0.15, 0.2) is 0 Å². The van der Waals surface area contributed by atoms with Crippen molar-refractivity contribution < 1.29 is 0 Å². The molecule has 12 heavy (non-hydrogen) atoms. The van der Waals surface area contributed by atoms with Crippen LogP contribution in [0.1, 0.15) is 19.8 Å². The van der Waals surface area contributed by atoms with Gasteiger partial charge >= 0.3 is 0 Å². The van der Waals surface area contributed by atoms with Gasteiger partial charge in [-0.25, -0.2) is 0 Å². The molecule has 70 valence electrons. The zero-order chi connectivity index (χ0) is 9.61. The minimum atomic E-state index is -0.351. The molecule has 0 saturated heterocycles. The monoisotopic (exact) mass is 169 g/mol. The summed E-state index contributed by atoms with van der Waals surface area (Å²) in [6.45, 7) is 2.97. The Balaban J connectivity index is 3.68. The van der Waals surface area contributed by atoms with Crippen LogP contribution in [-0.4, -0.2) is 38.1 Å². The Morgan fingerprint density at radius 3 is 2.42 bits per heavy atom. The van der Waals surface area contributed by atoms with Crippen molar-refractivity contribution >= 4 is 0 Å². The van der Waals surface area contributed by atoms with Crippen LogP contribution < -0.4 is 5.32 Å². The Morgan fingerprint density at radius 1 is 1.50 bits per heavy atom. The second kappa shape index (κ2) is 5.13. The molecule has 0 aromatic rings. The van der Waals surface area contributed by atoms with Crippen LogP contribution in [0, 0.1) is 11.3 Å². The fraction of sp³-hybridized carbons (Fsp3) is 0.889. The Kier molecular flexibility index (Phi) is 4.87. The normalized spacial score (nSPS) is 15.7. The lowest BCUT2D eigenvalue weighted by molar-refractivity contribution is 0.357. The average molecular weight is 169 g/mol. The van der Waals surface area contributed by atoms with Crippen molar-refractivity contribution in [2.45, 2.75) is 25.3 Å². The minimum Gasteiger partial charge on any atom is -0.309 e. The first-order valence-corrected chi connectivity index (χ1v) is 4.29. The number of nitrogens with zero attached hydrogens (tertiary/aromatic N) is 2. The highest BCUT2D eigenvalue weighted by molar-refractivity contribution is 5.02. The number of rotatable bonds is 5. The van der Waals surface area contributed by atoms with Crippen LogP contribution in [0.5, 0.6) is 0 Å². The van der Waals surface area contributed by atoms with Crippen molar-refractivity contribution in [1.29, 1.82) is 5.26 Å². The highest BCUT2D eigenvalue weighted by Gasteiger charge is 2.19. The molecule has 1 N–H and O–H groups in total. The third kappa shape index (κ3) is 4.32. The zero-order valence-corrected chi connectivity index (χ0v) is 8.52. The summed E-state index contributed by atoms with van der Waals surface area (Å²) in [4.78, 5) is 2.13. The first-order valence-electron chi connectivity index (χ1n) is 4.29. The maximum absolute atomic E-state index is 8.82. The second-order valence-electron chi connectivity index (χ2n) is 3.60. The standard InChI is InChI=1S/C9H19N3/c1-9(8-10,11-2)6-5-7-12(3)4/h11H,5-7H2,1-4H3. The molecule has 0 amide bonds. The van der Waals surface area contributed by atoms with Crippen LogP contribution >= 0.6 is 0 Å². The summed E-state index contributed by atoms with van der Waals surface area (Å²) < 4.78 is 0. The van der Waals surface area contributed by atoms with Crippen molar-refractivity contribution in [3.63, 3.8) is 0 Å². The Morgan fingerprint density at radius 2 is 2.08 bits per heavy atom. The third-order valence-corrected chi connectivity index (χ3v) is 2.08. The van der Waals surface area contributed by atoms with E-state index in [-0.39, 0.29) is 5.54 Å². The van der Waals surface area contributed by atoms with Gasteiger partial charge < -0.3 is 10.2 Å². The Bertz CT molecular complexity index is 160. The summed E-state index contributed by atoms with van der Waals surface area (Å²) in [5, 5.41) is 11.8. The molecule has 0 saturated carbocycles. The molecular formula is C9H19N3. The molecule has 0 fully saturated rings. The van der Waals surface area contributed by atoms with Crippen molar-refractivity contribution in [1.82, 2.24) is 10.2 Å². The average Bonchev–Trinajstić information content (AvgIpc) is 2.03. The summed E-state index contributed by atoms with van der Waals surface area (Å²) in [6.07, 6.45) is 1.95. The van der Waals surface area contributed by atoms with E-state index < -0.39 is 0 Å². The van der Waals surface area contributed by atoms with Crippen molar-refractivity contribution in [3.8, 4) is 6.07 Å². The molecule has 0 bridgehead atoms. The summed E-state index contributed by atoms with van der Waals surface area (Å²) >= 11 is 0. The first-order chi connectivity index (χ1) is 5.54.